The molecule has 0 radical (unpaired) electrons. The van der Waals surface area contributed by atoms with Gasteiger partial charge in [-0.1, -0.05) is 36.4 Å². The maximum Gasteiger partial charge on any atom is 0.163 e. The van der Waals surface area contributed by atoms with Crippen molar-refractivity contribution in [2.45, 2.75) is 12.5 Å². The van der Waals surface area contributed by atoms with Crippen LogP contribution in [0.5, 0.6) is 0 Å². The molecule has 0 aliphatic heterocycles. The highest BCUT2D eigenvalue weighted by molar-refractivity contribution is 5.91. The maximum atomic E-state index is 6.15. The summed E-state index contributed by atoms with van der Waals surface area (Å²) in [5.41, 5.74) is 17.5. The molecule has 1 unspecified atom stereocenters. The zero-order valence-electron chi connectivity index (χ0n) is 15.6. The van der Waals surface area contributed by atoms with Crippen LogP contribution in [-0.4, -0.2) is 19.7 Å². The Kier molecular flexibility index (Phi) is 3.20. The summed E-state index contributed by atoms with van der Waals surface area (Å²) in [6.07, 6.45) is 4.52. The Labute approximate surface area is 166 Å². The van der Waals surface area contributed by atoms with Crippen LogP contribution >= 0.6 is 0 Å². The van der Waals surface area contributed by atoms with Crippen molar-refractivity contribution >= 4 is 33.2 Å². The third kappa shape index (κ3) is 2.32. The summed E-state index contributed by atoms with van der Waals surface area (Å²) in [6, 6.07) is 18.4. The van der Waals surface area contributed by atoms with Crippen LogP contribution in [0.4, 0.5) is 11.4 Å². The monoisotopic (exact) mass is 378 g/mol. The fraction of sp³-hybridized carbons (Fsp3) is 0.0870. The highest BCUT2D eigenvalue weighted by Crippen LogP contribution is 2.40. The fourth-order valence-electron chi connectivity index (χ4n) is 4.40. The molecule has 0 saturated carbocycles. The van der Waals surface area contributed by atoms with Crippen LogP contribution in [0.25, 0.3) is 33.2 Å². The van der Waals surface area contributed by atoms with E-state index in [0.717, 1.165) is 23.0 Å². The largest absolute Gasteiger partial charge is 0.399 e. The van der Waals surface area contributed by atoms with Crippen LogP contribution in [0.3, 0.4) is 0 Å². The van der Waals surface area contributed by atoms with E-state index in [1.54, 1.807) is 18.3 Å². The lowest BCUT2D eigenvalue weighted by atomic mass is 10.0. The second kappa shape index (κ2) is 5.78. The lowest BCUT2D eigenvalue weighted by Crippen LogP contribution is -2.12. The van der Waals surface area contributed by atoms with Crippen molar-refractivity contribution in [1.82, 2.24) is 19.7 Å². The predicted molar refractivity (Wildman–Crippen MR) is 115 cm³/mol. The van der Waals surface area contributed by atoms with Gasteiger partial charge in [0.2, 0.25) is 0 Å². The average molecular weight is 378 g/mol. The van der Waals surface area contributed by atoms with E-state index in [2.05, 4.69) is 46.5 Å². The summed E-state index contributed by atoms with van der Waals surface area (Å²) in [5.74, 6) is 0.553. The van der Waals surface area contributed by atoms with E-state index in [1.807, 2.05) is 16.9 Å². The van der Waals surface area contributed by atoms with E-state index >= 15 is 0 Å². The van der Waals surface area contributed by atoms with Gasteiger partial charge in [0.1, 0.15) is 0 Å². The van der Waals surface area contributed by atoms with Crippen LogP contribution in [-0.2, 0) is 6.42 Å². The number of nitrogens with two attached hydrogens (primary N) is 2. The van der Waals surface area contributed by atoms with E-state index in [1.165, 1.54) is 21.9 Å². The summed E-state index contributed by atoms with van der Waals surface area (Å²) in [5, 5.41) is 8.18. The second-order valence-corrected chi connectivity index (χ2v) is 7.49. The molecule has 1 atom stereocenters. The first kappa shape index (κ1) is 16.1. The molecular weight excluding hydrogens is 360 g/mol. The number of fused-ring (bicyclic) bond motifs is 1. The number of nitrogens with zero attached hydrogens (tertiary/aromatic N) is 4. The van der Waals surface area contributed by atoms with Gasteiger partial charge in [0, 0.05) is 23.1 Å². The molecule has 0 amide bonds. The number of hydrogen-bond donors (Lipinski definition) is 2. The molecule has 2 aromatic heterocycles. The molecule has 5 aromatic rings. The molecule has 0 bridgehead atoms. The van der Waals surface area contributed by atoms with Crippen molar-refractivity contribution in [3.63, 3.8) is 0 Å². The maximum absolute atomic E-state index is 6.15. The van der Waals surface area contributed by atoms with Gasteiger partial charge in [-0.15, -0.1) is 0 Å². The summed E-state index contributed by atoms with van der Waals surface area (Å²) >= 11 is 0. The van der Waals surface area contributed by atoms with E-state index in [4.69, 9.17) is 16.5 Å². The topological polar surface area (TPSA) is 95.6 Å². The summed E-state index contributed by atoms with van der Waals surface area (Å²) in [4.78, 5) is 9.33. The summed E-state index contributed by atoms with van der Waals surface area (Å²) < 4.78 is 2.01. The van der Waals surface area contributed by atoms with Gasteiger partial charge in [-0.2, -0.15) is 5.10 Å². The van der Waals surface area contributed by atoms with E-state index < -0.39 is 0 Å². The number of hydrogen-bond acceptors (Lipinski definition) is 5. The standard InChI is InChI=1S/C23H18N6/c24-16-7-8-19(25)18(10-16)22-26-11-15-12-27-29(23(15)28-22)20-9-14-5-1-3-13-4-2-6-17(20)21(13)14/h1-8,10-12,20H,9,24-25H2. The van der Waals surface area contributed by atoms with Gasteiger partial charge < -0.3 is 11.5 Å². The third-order valence-electron chi connectivity index (χ3n) is 5.74. The summed E-state index contributed by atoms with van der Waals surface area (Å²) in [6.45, 7) is 0. The Hall–Kier alpha value is -3.93. The lowest BCUT2D eigenvalue weighted by molar-refractivity contribution is 0.550. The van der Waals surface area contributed by atoms with Crippen molar-refractivity contribution in [2.75, 3.05) is 11.5 Å². The Morgan fingerprint density at radius 3 is 2.69 bits per heavy atom. The highest BCUT2D eigenvalue weighted by atomic mass is 15.3. The second-order valence-electron chi connectivity index (χ2n) is 7.49. The van der Waals surface area contributed by atoms with Gasteiger partial charge in [-0.05, 0) is 46.5 Å². The molecule has 6 rings (SSSR count). The molecule has 1 aliphatic rings. The molecule has 140 valence electrons. The molecule has 6 heteroatoms. The normalized spacial score (nSPS) is 15.4. The van der Waals surface area contributed by atoms with Crippen LogP contribution in [0, 0.1) is 0 Å². The van der Waals surface area contributed by atoms with Gasteiger partial charge in [-0.25, -0.2) is 14.6 Å². The molecule has 0 saturated heterocycles. The van der Waals surface area contributed by atoms with Crippen molar-refractivity contribution in [3.05, 3.63) is 78.1 Å². The van der Waals surface area contributed by atoms with Crippen molar-refractivity contribution in [1.29, 1.82) is 0 Å². The number of rotatable bonds is 2. The Balaban J connectivity index is 1.54. The van der Waals surface area contributed by atoms with Crippen LogP contribution in [0.15, 0.2) is 67.0 Å². The van der Waals surface area contributed by atoms with Gasteiger partial charge >= 0.3 is 0 Å². The molecule has 2 heterocycles. The quantitative estimate of drug-likeness (QED) is 0.453. The van der Waals surface area contributed by atoms with Crippen LogP contribution in [0.2, 0.25) is 0 Å². The van der Waals surface area contributed by atoms with E-state index in [9.17, 15) is 0 Å². The SMILES string of the molecule is Nc1ccc(N)c(-c2ncc3cnn(C4Cc5cccc6cccc4c56)c3n2)c1. The average Bonchev–Trinajstić information content (AvgIpc) is 3.32. The summed E-state index contributed by atoms with van der Waals surface area (Å²) in [7, 11) is 0. The van der Waals surface area contributed by atoms with Crippen LogP contribution in [0.1, 0.15) is 17.2 Å². The Morgan fingerprint density at radius 2 is 1.79 bits per heavy atom. The molecule has 0 spiro atoms. The minimum atomic E-state index is 0.106. The smallest absolute Gasteiger partial charge is 0.163 e. The van der Waals surface area contributed by atoms with Crippen LogP contribution < -0.4 is 11.5 Å². The van der Waals surface area contributed by atoms with E-state index in [-0.39, 0.29) is 6.04 Å². The van der Waals surface area contributed by atoms with Crippen molar-refractivity contribution < 1.29 is 0 Å². The lowest BCUT2D eigenvalue weighted by Gasteiger charge is -2.14. The third-order valence-corrected chi connectivity index (χ3v) is 5.74. The van der Waals surface area contributed by atoms with E-state index in [0.29, 0.717) is 17.2 Å². The number of anilines is 2. The minimum absolute atomic E-state index is 0.106. The van der Waals surface area contributed by atoms with Gasteiger partial charge in [0.15, 0.2) is 11.5 Å². The first-order chi connectivity index (χ1) is 14.2. The Bertz CT molecular complexity index is 1410. The van der Waals surface area contributed by atoms with Gasteiger partial charge in [-0.3, -0.25) is 0 Å². The molecule has 0 fully saturated rings. The molecule has 3 aromatic carbocycles. The molecule has 1 aliphatic carbocycles. The number of nitrogen functional groups attached to an aromatic ring is 2. The minimum Gasteiger partial charge on any atom is -0.399 e. The fourth-order valence-corrected chi connectivity index (χ4v) is 4.40. The molecule has 29 heavy (non-hydrogen) atoms. The molecule has 4 N–H and O–H groups in total. The number of aromatic nitrogens is 4. The highest BCUT2D eigenvalue weighted by Gasteiger charge is 2.27. The first-order valence-electron chi connectivity index (χ1n) is 9.55. The van der Waals surface area contributed by atoms with Gasteiger partial charge in [0.05, 0.1) is 17.6 Å². The zero-order chi connectivity index (χ0) is 19.5. The van der Waals surface area contributed by atoms with Gasteiger partial charge in [0.25, 0.3) is 0 Å². The van der Waals surface area contributed by atoms with Crippen molar-refractivity contribution in [3.8, 4) is 11.4 Å². The van der Waals surface area contributed by atoms with Crippen molar-refractivity contribution in [2.24, 2.45) is 0 Å². The first-order valence-corrected chi connectivity index (χ1v) is 9.55. The predicted octanol–water partition coefficient (Wildman–Crippen LogP) is 3.96. The molecular formula is C23H18N6. The Morgan fingerprint density at radius 1 is 0.931 bits per heavy atom. The zero-order valence-corrected chi connectivity index (χ0v) is 15.6. The molecule has 6 nitrogen and oxygen atoms in total. The number of benzene rings is 3.